The molecule has 0 atom stereocenters. The first-order valence-corrected chi connectivity index (χ1v) is 10.3. The third kappa shape index (κ3) is 5.66. The predicted molar refractivity (Wildman–Crippen MR) is 109 cm³/mol. The van der Waals surface area contributed by atoms with Crippen molar-refractivity contribution in [2.24, 2.45) is 0 Å². The van der Waals surface area contributed by atoms with Gasteiger partial charge in [-0.2, -0.15) is 11.8 Å². The molecule has 3 rings (SSSR count). The van der Waals surface area contributed by atoms with Gasteiger partial charge in [0, 0.05) is 56.6 Å². The molecule has 0 unspecified atom stereocenters. The van der Waals surface area contributed by atoms with E-state index in [2.05, 4.69) is 39.5 Å². The number of anilines is 1. The van der Waals surface area contributed by atoms with Crippen molar-refractivity contribution in [3.63, 3.8) is 0 Å². The number of carbonyl (C=O) groups is 1. The van der Waals surface area contributed by atoms with E-state index >= 15 is 0 Å². The molecule has 1 fully saturated rings. The maximum atomic E-state index is 12.3. The Balaban J connectivity index is 1.27. The largest absolute Gasteiger partial charge is 0.368 e. The fourth-order valence-corrected chi connectivity index (χ4v) is 3.89. The van der Waals surface area contributed by atoms with E-state index < -0.39 is 0 Å². The van der Waals surface area contributed by atoms with Gasteiger partial charge in [-0.3, -0.25) is 4.98 Å². The highest BCUT2D eigenvalue weighted by Crippen LogP contribution is 2.15. The average molecular weight is 371 g/mol. The summed E-state index contributed by atoms with van der Waals surface area (Å²) in [7, 11) is 0. The van der Waals surface area contributed by atoms with Crippen LogP contribution in [-0.2, 0) is 5.75 Å². The normalized spacial score (nSPS) is 14.3. The molecule has 138 valence electrons. The van der Waals surface area contributed by atoms with Gasteiger partial charge in [-0.1, -0.05) is 30.3 Å². The minimum absolute atomic E-state index is 0.0624. The van der Waals surface area contributed by atoms with Crippen molar-refractivity contribution in [3.05, 3.63) is 60.4 Å². The number of piperazine rings is 1. The smallest absolute Gasteiger partial charge is 0.317 e. The molecule has 2 amide bonds. The van der Waals surface area contributed by atoms with Crippen molar-refractivity contribution in [2.45, 2.75) is 12.2 Å². The monoisotopic (exact) mass is 370 g/mol. The Bertz CT molecular complexity index is 660. The molecule has 1 aliphatic heterocycles. The molecule has 26 heavy (non-hydrogen) atoms. The number of nitrogens with zero attached hydrogens (tertiary/aromatic N) is 3. The third-order valence-corrected chi connectivity index (χ3v) is 5.56. The summed E-state index contributed by atoms with van der Waals surface area (Å²) in [6.45, 7) is 3.99. The number of benzene rings is 1. The number of carbonyl (C=O) groups excluding carboxylic acids is 1. The van der Waals surface area contributed by atoms with Gasteiger partial charge in [0.15, 0.2) is 0 Å². The summed E-state index contributed by atoms with van der Waals surface area (Å²) >= 11 is 1.91. The van der Waals surface area contributed by atoms with E-state index in [9.17, 15) is 4.79 Å². The molecular weight excluding hydrogens is 344 g/mol. The van der Waals surface area contributed by atoms with Crippen molar-refractivity contribution in [3.8, 4) is 0 Å². The zero-order chi connectivity index (χ0) is 18.0. The summed E-state index contributed by atoms with van der Waals surface area (Å²) in [5.74, 6) is 2.09. The van der Waals surface area contributed by atoms with Crippen LogP contribution in [0.3, 0.4) is 0 Å². The lowest BCUT2D eigenvalue weighted by atomic mass is 10.2. The van der Waals surface area contributed by atoms with E-state index in [-0.39, 0.29) is 6.03 Å². The summed E-state index contributed by atoms with van der Waals surface area (Å²) in [6.07, 6.45) is 4.62. The van der Waals surface area contributed by atoms with Crippen LogP contribution in [0, 0.1) is 0 Å². The zero-order valence-corrected chi connectivity index (χ0v) is 15.8. The molecule has 1 saturated heterocycles. The van der Waals surface area contributed by atoms with Crippen LogP contribution in [0.15, 0.2) is 54.9 Å². The van der Waals surface area contributed by atoms with Gasteiger partial charge in [-0.25, -0.2) is 4.79 Å². The lowest BCUT2D eigenvalue weighted by Gasteiger charge is -2.36. The van der Waals surface area contributed by atoms with Gasteiger partial charge in [-0.15, -0.1) is 0 Å². The first-order valence-electron chi connectivity index (χ1n) is 9.12. The number of aromatic nitrogens is 1. The van der Waals surface area contributed by atoms with Gasteiger partial charge >= 0.3 is 6.03 Å². The van der Waals surface area contributed by atoms with E-state index in [0.29, 0.717) is 0 Å². The average Bonchev–Trinajstić information content (AvgIpc) is 2.72. The van der Waals surface area contributed by atoms with Crippen molar-refractivity contribution < 1.29 is 4.79 Å². The molecule has 2 aromatic rings. The molecule has 6 heteroatoms. The first kappa shape index (κ1) is 18.6. The highest BCUT2D eigenvalue weighted by Gasteiger charge is 2.20. The number of urea groups is 1. The van der Waals surface area contributed by atoms with Crippen molar-refractivity contribution in [2.75, 3.05) is 43.4 Å². The van der Waals surface area contributed by atoms with E-state index in [0.717, 1.165) is 50.7 Å². The number of rotatable bonds is 7. The van der Waals surface area contributed by atoms with E-state index in [1.807, 2.05) is 47.3 Å². The van der Waals surface area contributed by atoms with Gasteiger partial charge in [0.2, 0.25) is 0 Å². The van der Waals surface area contributed by atoms with Crippen molar-refractivity contribution in [1.82, 2.24) is 15.2 Å². The Morgan fingerprint density at radius 3 is 2.50 bits per heavy atom. The van der Waals surface area contributed by atoms with Gasteiger partial charge in [-0.05, 0) is 29.9 Å². The molecule has 1 N–H and O–H groups in total. The second kappa shape index (κ2) is 10.1. The predicted octanol–water partition coefficient (Wildman–Crippen LogP) is 3.24. The van der Waals surface area contributed by atoms with Crippen LogP contribution in [0.4, 0.5) is 10.5 Å². The van der Waals surface area contributed by atoms with Gasteiger partial charge < -0.3 is 15.1 Å². The van der Waals surface area contributed by atoms with E-state index in [1.165, 1.54) is 11.3 Å². The Hall–Kier alpha value is -2.21. The maximum absolute atomic E-state index is 12.3. The molecule has 0 radical (unpaired) electrons. The van der Waals surface area contributed by atoms with Gasteiger partial charge in [0.1, 0.15) is 0 Å². The Morgan fingerprint density at radius 1 is 1.04 bits per heavy atom. The summed E-state index contributed by atoms with van der Waals surface area (Å²) in [6, 6.07) is 14.6. The number of pyridine rings is 1. The molecule has 5 nitrogen and oxygen atoms in total. The van der Waals surface area contributed by atoms with Gasteiger partial charge in [0.05, 0.1) is 0 Å². The SMILES string of the molecule is O=C(NCCCSCc1ccccc1)N1CCN(c2ccncc2)CC1. The minimum atomic E-state index is 0.0624. The molecule has 0 spiro atoms. The standard InChI is InChI=1S/C20H26N4OS/c25-20(22-9-4-16-26-17-18-5-2-1-3-6-18)24-14-12-23(13-15-24)19-7-10-21-11-8-19/h1-3,5-8,10-11H,4,9,12-17H2,(H,22,25). The molecule has 0 bridgehead atoms. The highest BCUT2D eigenvalue weighted by atomic mass is 32.2. The quantitative estimate of drug-likeness (QED) is 0.760. The van der Waals surface area contributed by atoms with Crippen LogP contribution in [0.1, 0.15) is 12.0 Å². The molecule has 0 saturated carbocycles. The topological polar surface area (TPSA) is 48.5 Å². The van der Waals surface area contributed by atoms with Crippen LogP contribution in [-0.4, -0.2) is 54.4 Å². The number of hydrogen-bond acceptors (Lipinski definition) is 4. The molecule has 1 aliphatic rings. The summed E-state index contributed by atoms with van der Waals surface area (Å²) in [5, 5.41) is 3.05. The molecule has 2 heterocycles. The first-order chi connectivity index (χ1) is 12.8. The summed E-state index contributed by atoms with van der Waals surface area (Å²) in [4.78, 5) is 20.5. The van der Waals surface area contributed by atoms with Crippen LogP contribution in [0.2, 0.25) is 0 Å². The van der Waals surface area contributed by atoms with Gasteiger partial charge in [0.25, 0.3) is 0 Å². The number of nitrogens with one attached hydrogen (secondary N) is 1. The molecular formula is C20H26N4OS. The number of thioether (sulfide) groups is 1. The number of amides is 2. The second-order valence-corrected chi connectivity index (χ2v) is 7.41. The summed E-state index contributed by atoms with van der Waals surface area (Å²) in [5.41, 5.74) is 2.53. The maximum Gasteiger partial charge on any atom is 0.317 e. The Morgan fingerprint density at radius 2 is 1.77 bits per heavy atom. The Labute approximate surface area is 159 Å². The van der Waals surface area contributed by atoms with Crippen LogP contribution < -0.4 is 10.2 Å². The molecule has 0 aliphatic carbocycles. The van der Waals surface area contributed by atoms with Crippen LogP contribution in [0.25, 0.3) is 0 Å². The van der Waals surface area contributed by atoms with E-state index in [1.54, 1.807) is 0 Å². The highest BCUT2D eigenvalue weighted by molar-refractivity contribution is 7.98. The van der Waals surface area contributed by atoms with Crippen LogP contribution >= 0.6 is 11.8 Å². The number of hydrogen-bond donors (Lipinski definition) is 1. The fraction of sp³-hybridized carbons (Fsp3) is 0.400. The molecule has 1 aromatic heterocycles. The lowest BCUT2D eigenvalue weighted by molar-refractivity contribution is 0.194. The van der Waals surface area contributed by atoms with E-state index in [4.69, 9.17) is 0 Å². The second-order valence-electron chi connectivity index (χ2n) is 6.30. The minimum Gasteiger partial charge on any atom is -0.368 e. The fourth-order valence-electron chi connectivity index (χ4n) is 2.97. The Kier molecular flexibility index (Phi) is 7.19. The van der Waals surface area contributed by atoms with Crippen molar-refractivity contribution in [1.29, 1.82) is 0 Å². The third-order valence-electron chi connectivity index (χ3n) is 4.45. The van der Waals surface area contributed by atoms with Crippen molar-refractivity contribution >= 4 is 23.5 Å². The van der Waals surface area contributed by atoms with Crippen LogP contribution in [0.5, 0.6) is 0 Å². The zero-order valence-electron chi connectivity index (χ0n) is 15.0. The molecule has 1 aromatic carbocycles. The lowest BCUT2D eigenvalue weighted by Crippen LogP contribution is -2.52. The summed E-state index contributed by atoms with van der Waals surface area (Å²) < 4.78 is 0.